The van der Waals surface area contributed by atoms with Crippen molar-refractivity contribution in [2.75, 3.05) is 13.1 Å². The van der Waals surface area contributed by atoms with Crippen molar-refractivity contribution in [1.82, 2.24) is 14.9 Å². The largest absolute Gasteiger partial charge is 0.336 e. The Balaban J connectivity index is 2.29. The van der Waals surface area contributed by atoms with Crippen LogP contribution in [0.5, 0.6) is 0 Å². The molecule has 0 radical (unpaired) electrons. The molecule has 1 aliphatic rings. The number of nitrogens with zero attached hydrogens (tertiary/aromatic N) is 5. The fourth-order valence-corrected chi connectivity index (χ4v) is 1.86. The summed E-state index contributed by atoms with van der Waals surface area (Å²) in [5.74, 6) is 0. The Kier molecular flexibility index (Phi) is 2.39. The van der Waals surface area contributed by atoms with Gasteiger partial charge in [0.15, 0.2) is 0 Å². The Morgan fingerprint density at radius 3 is 3.50 bits per heavy atom. The third kappa shape index (κ3) is 1.45. The van der Waals surface area contributed by atoms with Gasteiger partial charge in [0, 0.05) is 31.5 Å². The molecule has 6 heteroatoms. The van der Waals surface area contributed by atoms with E-state index >= 15 is 0 Å². The number of aryl methyl sites for hydroxylation is 1. The predicted octanol–water partition coefficient (Wildman–Crippen LogP) is 0.917. The van der Waals surface area contributed by atoms with Crippen molar-refractivity contribution < 1.29 is 0 Å². The molecular formula is C8H12N6. The van der Waals surface area contributed by atoms with E-state index in [2.05, 4.69) is 20.3 Å². The molecule has 0 bridgehead atoms. The predicted molar refractivity (Wildman–Crippen MR) is 51.7 cm³/mol. The second kappa shape index (κ2) is 3.69. The van der Waals surface area contributed by atoms with Crippen molar-refractivity contribution >= 4 is 0 Å². The Hall–Kier alpha value is -1.52. The van der Waals surface area contributed by atoms with Gasteiger partial charge >= 0.3 is 0 Å². The number of azide groups is 1. The molecule has 0 fully saturated rings. The zero-order chi connectivity index (χ0) is 9.97. The molecule has 74 valence electrons. The van der Waals surface area contributed by atoms with Gasteiger partial charge in [0.1, 0.15) is 0 Å². The van der Waals surface area contributed by atoms with Gasteiger partial charge in [-0.05, 0) is 5.53 Å². The number of hydrogen-bond donors (Lipinski definition) is 1. The third-order valence-corrected chi connectivity index (χ3v) is 2.47. The molecule has 1 N–H and O–H groups in total. The SMILES string of the molecule is Cn1cnc2c1C(CN=[N+]=[N-])NCC2. The van der Waals surface area contributed by atoms with Crippen LogP contribution < -0.4 is 5.32 Å². The average Bonchev–Trinajstić information content (AvgIpc) is 2.58. The number of hydrogen-bond acceptors (Lipinski definition) is 3. The van der Waals surface area contributed by atoms with E-state index in [9.17, 15) is 0 Å². The lowest BCUT2D eigenvalue weighted by molar-refractivity contribution is 0.485. The van der Waals surface area contributed by atoms with E-state index in [1.807, 2.05) is 11.6 Å². The molecule has 0 amide bonds. The third-order valence-electron chi connectivity index (χ3n) is 2.47. The van der Waals surface area contributed by atoms with E-state index in [1.165, 1.54) is 0 Å². The number of aromatic nitrogens is 2. The summed E-state index contributed by atoms with van der Waals surface area (Å²) in [6.45, 7) is 1.35. The summed E-state index contributed by atoms with van der Waals surface area (Å²) in [6.07, 6.45) is 2.75. The molecule has 2 heterocycles. The van der Waals surface area contributed by atoms with Crippen LogP contribution in [-0.4, -0.2) is 22.6 Å². The smallest absolute Gasteiger partial charge is 0.0949 e. The molecule has 0 spiro atoms. The van der Waals surface area contributed by atoms with Crippen molar-refractivity contribution in [2.45, 2.75) is 12.5 Å². The van der Waals surface area contributed by atoms with Crippen LogP contribution in [0.15, 0.2) is 11.4 Å². The monoisotopic (exact) mass is 192 g/mol. The van der Waals surface area contributed by atoms with Crippen LogP contribution in [0, 0.1) is 0 Å². The van der Waals surface area contributed by atoms with Crippen LogP contribution in [0.25, 0.3) is 10.4 Å². The average molecular weight is 192 g/mol. The maximum absolute atomic E-state index is 8.27. The molecule has 2 rings (SSSR count). The van der Waals surface area contributed by atoms with E-state index in [0.29, 0.717) is 6.54 Å². The minimum atomic E-state index is 0.113. The van der Waals surface area contributed by atoms with E-state index < -0.39 is 0 Å². The van der Waals surface area contributed by atoms with Crippen LogP contribution in [0.1, 0.15) is 17.4 Å². The highest BCUT2D eigenvalue weighted by atomic mass is 15.2. The van der Waals surface area contributed by atoms with Crippen LogP contribution in [0.4, 0.5) is 0 Å². The van der Waals surface area contributed by atoms with Crippen molar-refractivity contribution in [2.24, 2.45) is 12.2 Å². The Morgan fingerprint density at radius 2 is 2.71 bits per heavy atom. The Bertz CT molecular complexity index is 375. The van der Waals surface area contributed by atoms with Gasteiger partial charge in [0.05, 0.1) is 23.8 Å². The highest BCUT2D eigenvalue weighted by Gasteiger charge is 2.22. The summed E-state index contributed by atoms with van der Waals surface area (Å²) >= 11 is 0. The van der Waals surface area contributed by atoms with Crippen molar-refractivity contribution in [3.8, 4) is 0 Å². The van der Waals surface area contributed by atoms with Gasteiger partial charge in [-0.15, -0.1) is 0 Å². The van der Waals surface area contributed by atoms with Gasteiger partial charge in [-0.25, -0.2) is 4.98 Å². The zero-order valence-corrected chi connectivity index (χ0v) is 8.01. The molecule has 1 unspecified atom stereocenters. The molecule has 0 aliphatic carbocycles. The second-order valence-corrected chi connectivity index (χ2v) is 3.36. The number of rotatable bonds is 2. The number of fused-ring (bicyclic) bond motifs is 1. The summed E-state index contributed by atoms with van der Waals surface area (Å²) in [4.78, 5) is 7.07. The fourth-order valence-electron chi connectivity index (χ4n) is 1.86. The van der Waals surface area contributed by atoms with Crippen LogP contribution in [-0.2, 0) is 13.5 Å². The zero-order valence-electron chi connectivity index (χ0n) is 8.01. The standard InChI is InChI=1S/C8H12N6/c1-14-5-11-6-2-3-10-7(8(6)14)4-12-13-9/h5,7,10H,2-4H2,1H3. The molecule has 0 saturated carbocycles. The minimum Gasteiger partial charge on any atom is -0.336 e. The molecule has 0 saturated heterocycles. The first kappa shape index (κ1) is 9.05. The highest BCUT2D eigenvalue weighted by molar-refractivity contribution is 5.21. The summed E-state index contributed by atoms with van der Waals surface area (Å²) in [5, 5.41) is 6.90. The van der Waals surface area contributed by atoms with Gasteiger partial charge in [-0.2, -0.15) is 0 Å². The molecule has 1 atom stereocenters. The van der Waals surface area contributed by atoms with Crippen LogP contribution in [0.3, 0.4) is 0 Å². The minimum absolute atomic E-state index is 0.113. The van der Waals surface area contributed by atoms with E-state index in [-0.39, 0.29) is 6.04 Å². The summed E-state index contributed by atoms with van der Waals surface area (Å²) in [6, 6.07) is 0.113. The first-order chi connectivity index (χ1) is 6.83. The van der Waals surface area contributed by atoms with Crippen LogP contribution in [0.2, 0.25) is 0 Å². The van der Waals surface area contributed by atoms with E-state index in [4.69, 9.17) is 5.53 Å². The molecule has 1 aliphatic heterocycles. The first-order valence-corrected chi connectivity index (χ1v) is 4.57. The molecule has 1 aromatic rings. The number of nitrogens with one attached hydrogen (secondary N) is 1. The lowest BCUT2D eigenvalue weighted by atomic mass is 10.1. The van der Waals surface area contributed by atoms with Crippen molar-refractivity contribution in [1.29, 1.82) is 0 Å². The first-order valence-electron chi connectivity index (χ1n) is 4.57. The molecule has 14 heavy (non-hydrogen) atoms. The molecule has 6 nitrogen and oxygen atoms in total. The maximum atomic E-state index is 8.27. The van der Waals surface area contributed by atoms with Gasteiger partial charge in [0.25, 0.3) is 0 Å². The van der Waals surface area contributed by atoms with Gasteiger partial charge in [-0.1, -0.05) is 5.11 Å². The van der Waals surface area contributed by atoms with Gasteiger partial charge in [-0.3, -0.25) is 0 Å². The van der Waals surface area contributed by atoms with E-state index in [1.54, 1.807) is 6.33 Å². The Morgan fingerprint density at radius 1 is 1.86 bits per heavy atom. The Labute approximate surface area is 81.6 Å². The summed E-state index contributed by atoms with van der Waals surface area (Å²) < 4.78 is 1.99. The lowest BCUT2D eigenvalue weighted by Crippen LogP contribution is -2.32. The normalized spacial score (nSPS) is 19.9. The molecular weight excluding hydrogens is 180 g/mol. The van der Waals surface area contributed by atoms with Gasteiger partial charge in [0.2, 0.25) is 0 Å². The topological polar surface area (TPSA) is 78.6 Å². The quantitative estimate of drug-likeness (QED) is 0.429. The van der Waals surface area contributed by atoms with Crippen LogP contribution >= 0.6 is 0 Å². The van der Waals surface area contributed by atoms with Crippen molar-refractivity contribution in [3.63, 3.8) is 0 Å². The highest BCUT2D eigenvalue weighted by Crippen LogP contribution is 2.21. The van der Waals surface area contributed by atoms with Gasteiger partial charge < -0.3 is 9.88 Å². The molecule has 1 aromatic heterocycles. The second-order valence-electron chi connectivity index (χ2n) is 3.36. The number of imidazole rings is 1. The maximum Gasteiger partial charge on any atom is 0.0949 e. The van der Waals surface area contributed by atoms with Crippen molar-refractivity contribution in [3.05, 3.63) is 28.2 Å². The summed E-state index contributed by atoms with van der Waals surface area (Å²) in [7, 11) is 1.96. The molecule has 0 aromatic carbocycles. The summed E-state index contributed by atoms with van der Waals surface area (Å²) in [5.41, 5.74) is 10.5. The van der Waals surface area contributed by atoms with E-state index in [0.717, 1.165) is 24.4 Å². The fraction of sp³-hybridized carbons (Fsp3) is 0.625. The lowest BCUT2D eigenvalue weighted by Gasteiger charge is -2.23.